The highest BCUT2D eigenvalue weighted by molar-refractivity contribution is 5.77. The van der Waals surface area contributed by atoms with Gasteiger partial charge in [-0.3, -0.25) is 4.79 Å². The van der Waals surface area contributed by atoms with E-state index in [0.717, 1.165) is 19.4 Å². The summed E-state index contributed by atoms with van der Waals surface area (Å²) in [5.74, 6) is 0.0889. The molecule has 1 saturated heterocycles. The monoisotopic (exact) mass is 228 g/mol. The lowest BCUT2D eigenvalue weighted by molar-refractivity contribution is -0.139. The average Bonchev–Trinajstić information content (AvgIpc) is 2.50. The smallest absolute Gasteiger partial charge is 0.248 e. The first-order valence-electron chi connectivity index (χ1n) is 6.26. The van der Waals surface area contributed by atoms with E-state index >= 15 is 0 Å². The maximum atomic E-state index is 12.0. The molecule has 0 radical (unpaired) electrons. The summed E-state index contributed by atoms with van der Waals surface area (Å²) < 4.78 is 5.36. The van der Waals surface area contributed by atoms with Gasteiger partial charge in [0, 0.05) is 19.1 Å². The zero-order chi connectivity index (χ0) is 12.0. The molecule has 0 aromatic rings. The van der Waals surface area contributed by atoms with E-state index in [1.54, 1.807) is 0 Å². The number of hydrogen-bond donors (Lipinski definition) is 1. The molecule has 0 aromatic carbocycles. The summed E-state index contributed by atoms with van der Waals surface area (Å²) in [6.45, 7) is 5.47. The predicted molar refractivity (Wildman–Crippen MR) is 64.1 cm³/mol. The van der Waals surface area contributed by atoms with E-state index in [4.69, 9.17) is 10.5 Å². The minimum atomic E-state index is 0.0889. The van der Waals surface area contributed by atoms with Crippen LogP contribution in [0, 0.1) is 0 Å². The molecule has 1 fully saturated rings. The van der Waals surface area contributed by atoms with Gasteiger partial charge in [-0.25, -0.2) is 0 Å². The second kappa shape index (κ2) is 6.86. The number of likely N-dealkylation sites (tertiary alicyclic amines) is 1. The summed E-state index contributed by atoms with van der Waals surface area (Å²) in [5, 5.41) is 0. The van der Waals surface area contributed by atoms with Crippen LogP contribution in [0.5, 0.6) is 0 Å². The van der Waals surface area contributed by atoms with Crippen molar-refractivity contribution in [1.82, 2.24) is 4.90 Å². The fraction of sp³-hybridized carbons (Fsp3) is 0.917. The molecule has 0 spiro atoms. The van der Waals surface area contributed by atoms with Crippen LogP contribution in [0.25, 0.3) is 0 Å². The molecule has 1 atom stereocenters. The first kappa shape index (κ1) is 13.5. The van der Waals surface area contributed by atoms with Gasteiger partial charge in [0.25, 0.3) is 0 Å². The fourth-order valence-corrected chi connectivity index (χ4v) is 2.07. The second-order valence-corrected chi connectivity index (χ2v) is 4.69. The number of nitrogens with two attached hydrogens (primary N) is 1. The standard InChI is InChI=1S/C12H24N2O2/c1-10(2)16-9-12(15)14-7-5-3-4-6-11(14)8-13/h10-11H,3-9,13H2,1-2H3. The summed E-state index contributed by atoms with van der Waals surface area (Å²) >= 11 is 0. The summed E-state index contributed by atoms with van der Waals surface area (Å²) in [5.41, 5.74) is 5.72. The molecule has 4 nitrogen and oxygen atoms in total. The summed E-state index contributed by atoms with van der Waals surface area (Å²) in [4.78, 5) is 13.9. The molecule has 0 aromatic heterocycles. The van der Waals surface area contributed by atoms with Crippen LogP contribution in [0.4, 0.5) is 0 Å². The van der Waals surface area contributed by atoms with Crippen LogP contribution in [0.3, 0.4) is 0 Å². The lowest BCUT2D eigenvalue weighted by Crippen LogP contribution is -2.45. The molecule has 4 heteroatoms. The molecule has 1 aliphatic rings. The van der Waals surface area contributed by atoms with Gasteiger partial charge in [-0.1, -0.05) is 12.8 Å². The van der Waals surface area contributed by atoms with Crippen LogP contribution < -0.4 is 5.73 Å². The van der Waals surface area contributed by atoms with Crippen LogP contribution in [0.2, 0.25) is 0 Å². The van der Waals surface area contributed by atoms with Crippen molar-refractivity contribution in [2.75, 3.05) is 19.7 Å². The lowest BCUT2D eigenvalue weighted by Gasteiger charge is -2.29. The van der Waals surface area contributed by atoms with Gasteiger partial charge in [0.2, 0.25) is 5.91 Å². The molecule has 1 rings (SSSR count). The van der Waals surface area contributed by atoms with E-state index in [1.807, 2.05) is 18.7 Å². The van der Waals surface area contributed by atoms with Gasteiger partial charge in [-0.05, 0) is 26.7 Å². The molecule has 0 bridgehead atoms. The van der Waals surface area contributed by atoms with Gasteiger partial charge in [-0.2, -0.15) is 0 Å². The zero-order valence-electron chi connectivity index (χ0n) is 10.4. The minimum absolute atomic E-state index is 0.0889. The van der Waals surface area contributed by atoms with Crippen LogP contribution >= 0.6 is 0 Å². The Morgan fingerprint density at radius 1 is 1.44 bits per heavy atom. The van der Waals surface area contributed by atoms with Crippen LogP contribution in [0.15, 0.2) is 0 Å². The summed E-state index contributed by atoms with van der Waals surface area (Å²) in [7, 11) is 0. The van der Waals surface area contributed by atoms with Crippen molar-refractivity contribution in [1.29, 1.82) is 0 Å². The van der Waals surface area contributed by atoms with E-state index in [-0.39, 0.29) is 24.7 Å². The topological polar surface area (TPSA) is 55.6 Å². The molecule has 2 N–H and O–H groups in total. The van der Waals surface area contributed by atoms with E-state index in [1.165, 1.54) is 12.8 Å². The SMILES string of the molecule is CC(C)OCC(=O)N1CCCCCC1CN. The number of nitrogens with zero attached hydrogens (tertiary/aromatic N) is 1. The highest BCUT2D eigenvalue weighted by atomic mass is 16.5. The molecule has 16 heavy (non-hydrogen) atoms. The van der Waals surface area contributed by atoms with Crippen LogP contribution in [-0.2, 0) is 9.53 Å². The Balaban J connectivity index is 2.49. The van der Waals surface area contributed by atoms with E-state index in [9.17, 15) is 4.79 Å². The molecular weight excluding hydrogens is 204 g/mol. The quantitative estimate of drug-likeness (QED) is 0.785. The molecule has 1 heterocycles. The lowest BCUT2D eigenvalue weighted by atomic mass is 10.1. The summed E-state index contributed by atoms with van der Waals surface area (Å²) in [6, 6.07) is 0.214. The molecule has 1 aliphatic heterocycles. The molecule has 94 valence electrons. The number of carbonyl (C=O) groups is 1. The van der Waals surface area contributed by atoms with Crippen LogP contribution in [-0.4, -0.2) is 42.6 Å². The van der Waals surface area contributed by atoms with Crippen molar-refractivity contribution in [2.24, 2.45) is 5.73 Å². The molecular formula is C12H24N2O2. The Hall–Kier alpha value is -0.610. The van der Waals surface area contributed by atoms with Crippen molar-refractivity contribution in [3.8, 4) is 0 Å². The Bertz CT molecular complexity index is 219. The van der Waals surface area contributed by atoms with Gasteiger partial charge in [0.05, 0.1) is 6.10 Å². The van der Waals surface area contributed by atoms with E-state index in [2.05, 4.69) is 0 Å². The van der Waals surface area contributed by atoms with Crippen molar-refractivity contribution in [3.63, 3.8) is 0 Å². The minimum Gasteiger partial charge on any atom is -0.369 e. The van der Waals surface area contributed by atoms with Gasteiger partial charge >= 0.3 is 0 Å². The van der Waals surface area contributed by atoms with Gasteiger partial charge in [-0.15, -0.1) is 0 Å². The first-order valence-corrected chi connectivity index (χ1v) is 6.26. The third-order valence-electron chi connectivity index (χ3n) is 3.01. The zero-order valence-corrected chi connectivity index (χ0v) is 10.4. The Kier molecular flexibility index (Phi) is 5.77. The molecule has 0 aliphatic carbocycles. The maximum Gasteiger partial charge on any atom is 0.248 e. The number of amides is 1. The first-order chi connectivity index (χ1) is 7.65. The fourth-order valence-electron chi connectivity index (χ4n) is 2.07. The third kappa shape index (κ3) is 4.10. The highest BCUT2D eigenvalue weighted by Crippen LogP contribution is 2.16. The van der Waals surface area contributed by atoms with Gasteiger partial charge in [0.15, 0.2) is 0 Å². The summed E-state index contributed by atoms with van der Waals surface area (Å²) in [6.07, 6.45) is 4.60. The molecule has 0 saturated carbocycles. The number of ether oxygens (including phenoxy) is 1. The van der Waals surface area contributed by atoms with Crippen LogP contribution in [0.1, 0.15) is 39.5 Å². The Morgan fingerprint density at radius 3 is 2.81 bits per heavy atom. The van der Waals surface area contributed by atoms with Crippen molar-refractivity contribution >= 4 is 5.91 Å². The van der Waals surface area contributed by atoms with Crippen molar-refractivity contribution in [3.05, 3.63) is 0 Å². The number of carbonyl (C=O) groups excluding carboxylic acids is 1. The van der Waals surface area contributed by atoms with Crippen molar-refractivity contribution < 1.29 is 9.53 Å². The molecule has 1 unspecified atom stereocenters. The molecule has 1 amide bonds. The predicted octanol–water partition coefficient (Wildman–Crippen LogP) is 1.14. The number of hydrogen-bond acceptors (Lipinski definition) is 3. The Labute approximate surface area is 98.1 Å². The normalized spacial score (nSPS) is 22.2. The van der Waals surface area contributed by atoms with E-state index < -0.39 is 0 Å². The van der Waals surface area contributed by atoms with Crippen molar-refractivity contribution in [2.45, 2.75) is 51.7 Å². The second-order valence-electron chi connectivity index (χ2n) is 4.69. The van der Waals surface area contributed by atoms with Gasteiger partial charge in [0.1, 0.15) is 6.61 Å². The number of rotatable bonds is 4. The Morgan fingerprint density at radius 2 is 2.19 bits per heavy atom. The largest absolute Gasteiger partial charge is 0.369 e. The third-order valence-corrected chi connectivity index (χ3v) is 3.01. The van der Waals surface area contributed by atoms with E-state index in [0.29, 0.717) is 6.54 Å². The highest BCUT2D eigenvalue weighted by Gasteiger charge is 2.24. The average molecular weight is 228 g/mol. The van der Waals surface area contributed by atoms with Gasteiger partial charge < -0.3 is 15.4 Å². The maximum absolute atomic E-state index is 12.0.